The minimum atomic E-state index is -0.648. The number of para-hydroxylation sites is 2. The second kappa shape index (κ2) is 8.36. The first-order valence-corrected chi connectivity index (χ1v) is 9.54. The third kappa shape index (κ3) is 4.02. The summed E-state index contributed by atoms with van der Waals surface area (Å²) in [6, 6.07) is 7.33. The Bertz CT molecular complexity index is 1080. The van der Waals surface area contributed by atoms with Gasteiger partial charge in [-0.2, -0.15) is 10.1 Å². The van der Waals surface area contributed by atoms with Crippen molar-refractivity contribution in [3.05, 3.63) is 48.0 Å². The van der Waals surface area contributed by atoms with Crippen molar-refractivity contribution in [2.75, 3.05) is 19.8 Å². The van der Waals surface area contributed by atoms with Gasteiger partial charge in [0.1, 0.15) is 19.0 Å². The van der Waals surface area contributed by atoms with Gasteiger partial charge in [-0.1, -0.05) is 26.0 Å². The van der Waals surface area contributed by atoms with Crippen LogP contribution >= 0.6 is 0 Å². The number of hydrogen-bond acceptors (Lipinski definition) is 8. The summed E-state index contributed by atoms with van der Waals surface area (Å²) < 4.78 is 18.1. The Morgan fingerprint density at radius 3 is 2.87 bits per heavy atom. The molecule has 0 spiro atoms. The smallest absolute Gasteiger partial charge is 0.342 e. The highest BCUT2D eigenvalue weighted by molar-refractivity contribution is 5.92. The molecule has 1 aromatic carbocycles. The van der Waals surface area contributed by atoms with Crippen LogP contribution < -0.4 is 14.8 Å². The molecule has 4 rings (SSSR count). The lowest BCUT2D eigenvalue weighted by Crippen LogP contribution is -2.42. The predicted octanol–water partition coefficient (Wildman–Crippen LogP) is 1.36. The monoisotopic (exact) mass is 411 g/mol. The quantitative estimate of drug-likeness (QED) is 0.605. The van der Waals surface area contributed by atoms with E-state index < -0.39 is 18.5 Å². The van der Waals surface area contributed by atoms with Crippen molar-refractivity contribution < 1.29 is 23.8 Å². The summed E-state index contributed by atoms with van der Waals surface area (Å²) >= 11 is 0. The van der Waals surface area contributed by atoms with Crippen LogP contribution in [0, 0.1) is 0 Å². The van der Waals surface area contributed by atoms with Crippen molar-refractivity contribution in [1.82, 2.24) is 24.9 Å². The van der Waals surface area contributed by atoms with Crippen LogP contribution in [-0.4, -0.2) is 57.3 Å². The Kier molecular flexibility index (Phi) is 5.46. The van der Waals surface area contributed by atoms with E-state index in [2.05, 4.69) is 20.4 Å². The number of carbonyl (C=O) groups is 2. The molecule has 30 heavy (non-hydrogen) atoms. The number of nitrogens with one attached hydrogen (secondary N) is 1. The third-order valence-electron chi connectivity index (χ3n) is 4.54. The molecule has 10 nitrogen and oxygen atoms in total. The second-order valence-electron chi connectivity index (χ2n) is 7.06. The Labute approximate surface area is 172 Å². The molecule has 0 radical (unpaired) electrons. The molecule has 3 heterocycles. The van der Waals surface area contributed by atoms with E-state index in [9.17, 15) is 9.59 Å². The fourth-order valence-corrected chi connectivity index (χ4v) is 3.16. The van der Waals surface area contributed by atoms with Gasteiger partial charge < -0.3 is 19.5 Å². The Balaban J connectivity index is 1.32. The van der Waals surface area contributed by atoms with Crippen LogP contribution in [0.15, 0.2) is 36.8 Å². The van der Waals surface area contributed by atoms with Crippen LogP contribution in [0.5, 0.6) is 11.5 Å². The molecule has 1 atom stereocenters. The summed E-state index contributed by atoms with van der Waals surface area (Å²) in [5.74, 6) is 0.584. The summed E-state index contributed by atoms with van der Waals surface area (Å²) in [7, 11) is 0. The average Bonchev–Trinajstić information content (AvgIpc) is 3.23. The highest BCUT2D eigenvalue weighted by Gasteiger charge is 2.23. The zero-order valence-electron chi connectivity index (χ0n) is 16.6. The summed E-state index contributed by atoms with van der Waals surface area (Å²) in [4.78, 5) is 32.8. The minimum Gasteiger partial charge on any atom is -0.486 e. The standard InChI is InChI=1S/C20H21N5O5/c1-12(2)18-14(8-22-20-23-11-24-25(18)20)19(27)29-10-17(26)21-7-13-9-28-15-5-3-4-6-16(15)30-13/h3-6,8,11-13H,7,9-10H2,1-2H3,(H,21,26). The van der Waals surface area contributed by atoms with Crippen LogP contribution in [0.25, 0.3) is 5.78 Å². The van der Waals surface area contributed by atoms with Gasteiger partial charge in [0.15, 0.2) is 18.1 Å². The molecular weight excluding hydrogens is 390 g/mol. The van der Waals surface area contributed by atoms with Gasteiger partial charge in [-0.25, -0.2) is 14.3 Å². The molecule has 1 N–H and O–H groups in total. The molecule has 0 saturated carbocycles. The number of amides is 1. The van der Waals surface area contributed by atoms with E-state index >= 15 is 0 Å². The first-order chi connectivity index (χ1) is 14.5. The van der Waals surface area contributed by atoms with E-state index in [0.29, 0.717) is 29.6 Å². The van der Waals surface area contributed by atoms with Crippen molar-refractivity contribution in [2.45, 2.75) is 25.9 Å². The largest absolute Gasteiger partial charge is 0.486 e. The van der Waals surface area contributed by atoms with Crippen LogP contribution in [0.1, 0.15) is 35.8 Å². The molecule has 156 valence electrons. The highest BCUT2D eigenvalue weighted by atomic mass is 16.6. The van der Waals surface area contributed by atoms with Gasteiger partial charge in [-0.15, -0.1) is 0 Å². The van der Waals surface area contributed by atoms with Crippen LogP contribution in [-0.2, 0) is 9.53 Å². The summed E-state index contributed by atoms with van der Waals surface area (Å²) in [6.45, 7) is 3.97. The molecule has 0 saturated heterocycles. The number of esters is 1. The molecule has 1 unspecified atom stereocenters. The van der Waals surface area contributed by atoms with Gasteiger partial charge >= 0.3 is 5.97 Å². The lowest BCUT2D eigenvalue weighted by molar-refractivity contribution is -0.124. The predicted molar refractivity (Wildman–Crippen MR) is 105 cm³/mol. The number of hydrogen-bond donors (Lipinski definition) is 1. The number of fused-ring (bicyclic) bond motifs is 2. The maximum atomic E-state index is 12.5. The molecule has 10 heteroatoms. The zero-order valence-corrected chi connectivity index (χ0v) is 16.6. The van der Waals surface area contributed by atoms with Crippen molar-refractivity contribution in [3.8, 4) is 11.5 Å². The maximum absolute atomic E-state index is 12.5. The molecule has 1 amide bonds. The highest BCUT2D eigenvalue weighted by Crippen LogP contribution is 2.30. The van der Waals surface area contributed by atoms with E-state index in [1.54, 1.807) is 6.07 Å². The fraction of sp³-hybridized carbons (Fsp3) is 0.350. The molecule has 0 fully saturated rings. The second-order valence-corrected chi connectivity index (χ2v) is 7.06. The number of aromatic nitrogens is 4. The maximum Gasteiger partial charge on any atom is 0.342 e. The van der Waals surface area contributed by atoms with E-state index in [1.807, 2.05) is 32.0 Å². The van der Waals surface area contributed by atoms with Crippen LogP contribution in [0.4, 0.5) is 0 Å². The number of rotatable bonds is 6. The molecular formula is C20H21N5O5. The molecule has 3 aromatic rings. The van der Waals surface area contributed by atoms with Gasteiger partial charge in [-0.3, -0.25) is 4.79 Å². The SMILES string of the molecule is CC(C)c1c(C(=O)OCC(=O)NCC2COc3ccccc3O2)cnc2ncnn12. The summed E-state index contributed by atoms with van der Waals surface area (Å²) in [5, 5.41) is 6.79. The molecule has 0 aliphatic carbocycles. The van der Waals surface area contributed by atoms with Crippen molar-refractivity contribution >= 4 is 17.7 Å². The van der Waals surface area contributed by atoms with Gasteiger partial charge in [-0.05, 0) is 18.1 Å². The van der Waals surface area contributed by atoms with Crippen LogP contribution in [0.3, 0.4) is 0 Å². The summed E-state index contributed by atoms with van der Waals surface area (Å²) in [5.41, 5.74) is 0.866. The van der Waals surface area contributed by atoms with Crippen molar-refractivity contribution in [3.63, 3.8) is 0 Å². The molecule has 0 bridgehead atoms. The lowest BCUT2D eigenvalue weighted by atomic mass is 10.1. The first-order valence-electron chi connectivity index (χ1n) is 9.54. The first kappa shape index (κ1) is 19.6. The van der Waals surface area contributed by atoms with E-state index in [4.69, 9.17) is 14.2 Å². The number of ether oxygens (including phenoxy) is 3. The number of nitrogens with zero attached hydrogens (tertiary/aromatic N) is 4. The molecule has 1 aliphatic rings. The van der Waals surface area contributed by atoms with Crippen molar-refractivity contribution in [2.24, 2.45) is 0 Å². The minimum absolute atomic E-state index is 0.0279. The number of carbonyl (C=O) groups excluding carboxylic acids is 2. The third-order valence-corrected chi connectivity index (χ3v) is 4.54. The summed E-state index contributed by atoms with van der Waals surface area (Å²) in [6.07, 6.45) is 2.43. The van der Waals surface area contributed by atoms with Crippen molar-refractivity contribution in [1.29, 1.82) is 0 Å². The Morgan fingerprint density at radius 2 is 2.07 bits per heavy atom. The zero-order chi connectivity index (χ0) is 21.1. The molecule has 2 aromatic heterocycles. The number of benzene rings is 1. The van der Waals surface area contributed by atoms with Crippen LogP contribution in [0.2, 0.25) is 0 Å². The topological polar surface area (TPSA) is 117 Å². The Morgan fingerprint density at radius 1 is 1.27 bits per heavy atom. The van der Waals surface area contributed by atoms with E-state index in [0.717, 1.165) is 0 Å². The fourth-order valence-electron chi connectivity index (χ4n) is 3.16. The van der Waals surface area contributed by atoms with E-state index in [-0.39, 0.29) is 24.1 Å². The average molecular weight is 411 g/mol. The normalized spacial score (nSPS) is 15.2. The van der Waals surface area contributed by atoms with Gasteiger partial charge in [0.05, 0.1) is 17.8 Å². The van der Waals surface area contributed by atoms with Gasteiger partial charge in [0, 0.05) is 6.20 Å². The lowest BCUT2D eigenvalue weighted by Gasteiger charge is -2.26. The van der Waals surface area contributed by atoms with Gasteiger partial charge in [0.25, 0.3) is 11.7 Å². The Hall–Kier alpha value is -3.69. The van der Waals surface area contributed by atoms with Gasteiger partial charge in [0.2, 0.25) is 0 Å². The molecule has 1 aliphatic heterocycles. The van der Waals surface area contributed by atoms with E-state index in [1.165, 1.54) is 17.0 Å².